The van der Waals surface area contributed by atoms with E-state index in [1.54, 1.807) is 17.9 Å². The molecule has 2 aromatic carbocycles. The van der Waals surface area contributed by atoms with Crippen LogP contribution in [-0.2, 0) is 0 Å². The molecule has 0 aliphatic carbocycles. The van der Waals surface area contributed by atoms with E-state index >= 15 is 0 Å². The van der Waals surface area contributed by atoms with Gasteiger partial charge in [0.1, 0.15) is 11.4 Å². The molecule has 0 saturated carbocycles. The van der Waals surface area contributed by atoms with E-state index < -0.39 is 0 Å². The summed E-state index contributed by atoms with van der Waals surface area (Å²) in [6, 6.07) is 17.2. The molecule has 5 nitrogen and oxygen atoms in total. The summed E-state index contributed by atoms with van der Waals surface area (Å²) >= 11 is 0. The number of benzene rings is 2. The van der Waals surface area contributed by atoms with Crippen LogP contribution in [0.1, 0.15) is 0 Å². The molecule has 0 aromatic heterocycles. The Kier molecular flexibility index (Phi) is 3.39. The van der Waals surface area contributed by atoms with Gasteiger partial charge in [-0.25, -0.2) is 4.98 Å². The SMILES string of the molecule is COc1ccc(-n2ccn3c(=O)c(-c4ccccc4)nc-3c2)cc1. The molecule has 0 fully saturated rings. The third-order valence-corrected chi connectivity index (χ3v) is 3.94. The summed E-state index contributed by atoms with van der Waals surface area (Å²) in [5, 5.41) is 0. The topological polar surface area (TPSA) is 49.0 Å². The van der Waals surface area contributed by atoms with Crippen molar-refractivity contribution in [2.45, 2.75) is 0 Å². The molecular formula is C19H15N3O2. The summed E-state index contributed by atoms with van der Waals surface area (Å²) in [5.74, 6) is 1.41. The summed E-state index contributed by atoms with van der Waals surface area (Å²) in [7, 11) is 1.64. The van der Waals surface area contributed by atoms with Gasteiger partial charge in [-0.3, -0.25) is 9.36 Å². The monoisotopic (exact) mass is 317 g/mol. The van der Waals surface area contributed by atoms with E-state index in [1.165, 1.54) is 0 Å². The van der Waals surface area contributed by atoms with Crippen LogP contribution in [0, 0.1) is 0 Å². The van der Waals surface area contributed by atoms with Crippen LogP contribution in [0.25, 0.3) is 22.8 Å². The highest BCUT2D eigenvalue weighted by atomic mass is 16.5. The normalized spacial score (nSPS) is 10.9. The maximum Gasteiger partial charge on any atom is 0.282 e. The first-order valence-corrected chi connectivity index (χ1v) is 7.56. The average Bonchev–Trinajstić information content (AvgIpc) is 2.99. The second kappa shape index (κ2) is 5.70. The van der Waals surface area contributed by atoms with E-state index in [1.807, 2.05) is 71.6 Å². The third kappa shape index (κ3) is 2.36. The molecule has 2 aromatic rings. The van der Waals surface area contributed by atoms with Gasteiger partial charge in [-0.15, -0.1) is 0 Å². The fourth-order valence-electron chi connectivity index (χ4n) is 2.67. The molecule has 4 rings (SSSR count). The molecule has 0 amide bonds. The van der Waals surface area contributed by atoms with Gasteiger partial charge in [-0.1, -0.05) is 30.3 Å². The van der Waals surface area contributed by atoms with Crippen molar-refractivity contribution in [3.63, 3.8) is 0 Å². The van der Waals surface area contributed by atoms with Crippen molar-refractivity contribution >= 4 is 0 Å². The minimum absolute atomic E-state index is 0.113. The van der Waals surface area contributed by atoms with Gasteiger partial charge in [0.05, 0.1) is 13.3 Å². The summed E-state index contributed by atoms with van der Waals surface area (Å²) in [6.45, 7) is 0. The van der Waals surface area contributed by atoms with Crippen LogP contribution < -0.4 is 10.3 Å². The van der Waals surface area contributed by atoms with Gasteiger partial charge in [-0.2, -0.15) is 0 Å². The van der Waals surface area contributed by atoms with Crippen molar-refractivity contribution in [3.05, 3.63) is 83.5 Å². The van der Waals surface area contributed by atoms with E-state index in [-0.39, 0.29) is 5.56 Å². The Morgan fingerprint density at radius 3 is 2.42 bits per heavy atom. The van der Waals surface area contributed by atoms with Crippen molar-refractivity contribution in [1.82, 2.24) is 14.1 Å². The minimum atomic E-state index is -0.113. The van der Waals surface area contributed by atoms with Crippen molar-refractivity contribution < 1.29 is 4.74 Å². The lowest BCUT2D eigenvalue weighted by Crippen LogP contribution is -2.14. The van der Waals surface area contributed by atoms with Gasteiger partial charge >= 0.3 is 0 Å². The van der Waals surface area contributed by atoms with Crippen LogP contribution in [0.15, 0.2) is 78.0 Å². The summed E-state index contributed by atoms with van der Waals surface area (Å²) in [4.78, 5) is 17.0. The Morgan fingerprint density at radius 1 is 0.958 bits per heavy atom. The standard InChI is InChI=1S/C19H15N3O2/c1-24-16-9-7-15(8-10-16)21-11-12-22-17(13-21)20-18(19(22)23)14-5-3-2-4-6-14/h2-13H,1H3. The predicted molar refractivity (Wildman–Crippen MR) is 92.3 cm³/mol. The highest BCUT2D eigenvalue weighted by Crippen LogP contribution is 2.19. The lowest BCUT2D eigenvalue weighted by Gasteiger charge is -2.10. The molecule has 0 atom stereocenters. The van der Waals surface area contributed by atoms with Gasteiger partial charge < -0.3 is 9.30 Å². The molecule has 24 heavy (non-hydrogen) atoms. The lowest BCUT2D eigenvalue weighted by atomic mass is 10.2. The molecule has 0 saturated heterocycles. The fraction of sp³-hybridized carbons (Fsp3) is 0.0526. The van der Waals surface area contributed by atoms with Crippen molar-refractivity contribution in [2.24, 2.45) is 0 Å². The first kappa shape index (κ1) is 14.3. The first-order valence-electron chi connectivity index (χ1n) is 7.56. The summed E-state index contributed by atoms with van der Waals surface area (Å²) < 4.78 is 8.66. The summed E-state index contributed by atoms with van der Waals surface area (Å²) in [6.07, 6.45) is 5.42. The number of ether oxygens (including phenoxy) is 1. The number of methoxy groups -OCH3 is 1. The van der Waals surface area contributed by atoms with Gasteiger partial charge in [-0.05, 0) is 24.3 Å². The molecule has 118 valence electrons. The Hall–Kier alpha value is -3.34. The van der Waals surface area contributed by atoms with E-state index in [4.69, 9.17) is 4.74 Å². The predicted octanol–water partition coefficient (Wildman–Crippen LogP) is 3.14. The van der Waals surface area contributed by atoms with Gasteiger partial charge in [0.25, 0.3) is 5.56 Å². The van der Waals surface area contributed by atoms with Crippen LogP contribution in [0.5, 0.6) is 5.75 Å². The lowest BCUT2D eigenvalue weighted by molar-refractivity contribution is 0.414. The minimum Gasteiger partial charge on any atom is -0.497 e. The molecule has 0 N–H and O–H groups in total. The van der Waals surface area contributed by atoms with Crippen molar-refractivity contribution in [2.75, 3.05) is 7.11 Å². The number of rotatable bonds is 3. The largest absolute Gasteiger partial charge is 0.497 e. The summed E-state index contributed by atoms with van der Waals surface area (Å²) in [5.41, 5.74) is 2.14. The molecule has 0 bridgehead atoms. The molecule has 2 aliphatic heterocycles. The quantitative estimate of drug-likeness (QED) is 0.583. The molecule has 5 heteroatoms. The van der Waals surface area contributed by atoms with E-state index in [2.05, 4.69) is 4.98 Å². The number of aromatic nitrogens is 3. The molecule has 0 unspecified atom stereocenters. The second-order valence-corrected chi connectivity index (χ2v) is 5.39. The van der Waals surface area contributed by atoms with E-state index in [0.29, 0.717) is 11.5 Å². The maximum atomic E-state index is 12.5. The number of hydrogen-bond acceptors (Lipinski definition) is 3. The average molecular weight is 317 g/mol. The Bertz CT molecular complexity index is 1000. The zero-order valence-electron chi connectivity index (χ0n) is 13.1. The van der Waals surface area contributed by atoms with Crippen molar-refractivity contribution in [3.8, 4) is 28.5 Å². The van der Waals surface area contributed by atoms with Gasteiger partial charge in [0.2, 0.25) is 0 Å². The van der Waals surface area contributed by atoms with Crippen LogP contribution in [0.2, 0.25) is 0 Å². The van der Waals surface area contributed by atoms with Gasteiger partial charge in [0, 0.05) is 23.6 Å². The Balaban J connectivity index is 1.81. The number of hydrogen-bond donors (Lipinski definition) is 0. The van der Waals surface area contributed by atoms with Crippen LogP contribution in [-0.4, -0.2) is 21.2 Å². The van der Waals surface area contributed by atoms with Crippen LogP contribution in [0.3, 0.4) is 0 Å². The highest BCUT2D eigenvalue weighted by Gasteiger charge is 2.15. The fourth-order valence-corrected chi connectivity index (χ4v) is 2.67. The van der Waals surface area contributed by atoms with Crippen molar-refractivity contribution in [1.29, 1.82) is 0 Å². The Morgan fingerprint density at radius 2 is 1.71 bits per heavy atom. The van der Waals surface area contributed by atoms with E-state index in [9.17, 15) is 4.79 Å². The number of nitrogens with zero attached hydrogens (tertiary/aromatic N) is 3. The number of fused-ring (bicyclic) bond motifs is 1. The van der Waals surface area contributed by atoms with Crippen LogP contribution >= 0.6 is 0 Å². The molecule has 2 aliphatic rings. The first-order chi connectivity index (χ1) is 11.8. The zero-order valence-corrected chi connectivity index (χ0v) is 13.1. The Labute approximate surface area is 138 Å². The molecule has 0 radical (unpaired) electrons. The van der Waals surface area contributed by atoms with Crippen LogP contribution in [0.4, 0.5) is 0 Å². The molecule has 2 heterocycles. The smallest absolute Gasteiger partial charge is 0.282 e. The third-order valence-electron chi connectivity index (χ3n) is 3.94. The maximum absolute atomic E-state index is 12.5. The zero-order chi connectivity index (χ0) is 16.5. The van der Waals surface area contributed by atoms with E-state index in [0.717, 1.165) is 17.0 Å². The molecule has 0 spiro atoms. The second-order valence-electron chi connectivity index (χ2n) is 5.39. The number of imidazole rings is 1. The highest BCUT2D eigenvalue weighted by molar-refractivity contribution is 5.60. The van der Waals surface area contributed by atoms with Gasteiger partial charge in [0.15, 0.2) is 5.82 Å². The molecular weight excluding hydrogens is 302 g/mol.